The van der Waals surface area contributed by atoms with Crippen LogP contribution in [0.15, 0.2) is 30.5 Å². The molecule has 1 aromatic carbocycles. The minimum Gasteiger partial charge on any atom is -0.287 e. The van der Waals surface area contributed by atoms with Crippen molar-refractivity contribution in [1.29, 1.82) is 0 Å². The number of pyridine rings is 1. The maximum absolute atomic E-state index is 13.4. The molecule has 18 heavy (non-hydrogen) atoms. The second kappa shape index (κ2) is 4.78. The molecular formula is C12H5ClF3NO. The fourth-order valence-electron chi connectivity index (χ4n) is 1.38. The van der Waals surface area contributed by atoms with Crippen LogP contribution in [0.3, 0.4) is 0 Å². The minimum absolute atomic E-state index is 0.00614. The SMILES string of the molecule is O=C(c1ccc(F)c(F)c1F)c1ncccc1Cl. The predicted molar refractivity (Wildman–Crippen MR) is 59.0 cm³/mol. The molecule has 6 heteroatoms. The lowest BCUT2D eigenvalue weighted by Gasteiger charge is -2.04. The quantitative estimate of drug-likeness (QED) is 0.619. The van der Waals surface area contributed by atoms with E-state index in [4.69, 9.17) is 11.6 Å². The van der Waals surface area contributed by atoms with Crippen molar-refractivity contribution in [3.05, 3.63) is 64.2 Å². The Labute approximate surface area is 105 Å². The summed E-state index contributed by atoms with van der Waals surface area (Å²) in [5, 5.41) is 0.00614. The number of hydrogen-bond acceptors (Lipinski definition) is 2. The van der Waals surface area contributed by atoms with E-state index < -0.39 is 28.8 Å². The Morgan fingerprint density at radius 3 is 2.50 bits per heavy atom. The molecule has 0 aliphatic heterocycles. The van der Waals surface area contributed by atoms with Gasteiger partial charge in [0.2, 0.25) is 5.78 Å². The van der Waals surface area contributed by atoms with Gasteiger partial charge in [-0.05, 0) is 24.3 Å². The van der Waals surface area contributed by atoms with Gasteiger partial charge in [0.1, 0.15) is 5.69 Å². The Morgan fingerprint density at radius 1 is 1.11 bits per heavy atom. The minimum atomic E-state index is -1.70. The van der Waals surface area contributed by atoms with Gasteiger partial charge in [0.25, 0.3) is 0 Å². The first-order valence-corrected chi connectivity index (χ1v) is 5.19. The summed E-state index contributed by atoms with van der Waals surface area (Å²) in [6.07, 6.45) is 1.29. The number of ketones is 1. The van der Waals surface area contributed by atoms with E-state index in [-0.39, 0.29) is 10.7 Å². The molecule has 2 aromatic rings. The van der Waals surface area contributed by atoms with Crippen LogP contribution in [-0.2, 0) is 0 Å². The van der Waals surface area contributed by atoms with E-state index in [1.54, 1.807) is 0 Å². The van der Waals surface area contributed by atoms with E-state index in [1.807, 2.05) is 0 Å². The lowest BCUT2D eigenvalue weighted by atomic mass is 10.1. The van der Waals surface area contributed by atoms with Crippen LogP contribution in [0.2, 0.25) is 5.02 Å². The lowest BCUT2D eigenvalue weighted by molar-refractivity contribution is 0.102. The van der Waals surface area contributed by atoms with E-state index in [1.165, 1.54) is 18.3 Å². The molecule has 0 spiro atoms. The van der Waals surface area contributed by atoms with E-state index >= 15 is 0 Å². The number of benzene rings is 1. The standard InChI is InChI=1S/C12H5ClF3NO/c13-7-2-1-5-17-11(7)12(18)6-3-4-8(14)10(16)9(6)15/h1-5H. The van der Waals surface area contributed by atoms with Gasteiger partial charge in [0, 0.05) is 6.20 Å². The third kappa shape index (κ3) is 2.09. The molecule has 1 aromatic heterocycles. The number of nitrogens with zero attached hydrogens (tertiary/aromatic N) is 1. The van der Waals surface area contributed by atoms with E-state index in [0.717, 1.165) is 6.07 Å². The van der Waals surface area contributed by atoms with Gasteiger partial charge < -0.3 is 0 Å². The molecule has 1 heterocycles. The summed E-state index contributed by atoms with van der Waals surface area (Å²) in [6.45, 7) is 0. The summed E-state index contributed by atoms with van der Waals surface area (Å²) in [5.74, 6) is -5.53. The molecule has 0 saturated heterocycles. The second-order valence-corrected chi connectivity index (χ2v) is 3.79. The van der Waals surface area contributed by atoms with Crippen LogP contribution in [0.4, 0.5) is 13.2 Å². The van der Waals surface area contributed by atoms with Gasteiger partial charge in [0.05, 0.1) is 10.6 Å². The molecule has 0 N–H and O–H groups in total. The summed E-state index contributed by atoms with van der Waals surface area (Å²) in [6, 6.07) is 4.39. The zero-order valence-electron chi connectivity index (χ0n) is 8.75. The Hall–Kier alpha value is -1.88. The molecule has 0 atom stereocenters. The number of aromatic nitrogens is 1. The molecule has 0 aliphatic rings. The Balaban J connectivity index is 2.54. The Kier molecular flexibility index (Phi) is 3.34. The highest BCUT2D eigenvalue weighted by molar-refractivity contribution is 6.34. The fraction of sp³-hybridized carbons (Fsp3) is 0. The van der Waals surface area contributed by atoms with Crippen LogP contribution in [0.5, 0.6) is 0 Å². The molecule has 0 saturated carbocycles. The van der Waals surface area contributed by atoms with Crippen molar-refractivity contribution in [2.45, 2.75) is 0 Å². The summed E-state index contributed by atoms with van der Waals surface area (Å²) in [7, 11) is 0. The highest BCUT2D eigenvalue weighted by Gasteiger charge is 2.22. The normalized spacial score (nSPS) is 10.4. The van der Waals surface area contributed by atoms with Crippen molar-refractivity contribution in [2.75, 3.05) is 0 Å². The molecule has 0 radical (unpaired) electrons. The molecule has 0 fully saturated rings. The fourth-order valence-corrected chi connectivity index (χ4v) is 1.59. The third-order valence-electron chi connectivity index (χ3n) is 2.25. The average Bonchev–Trinajstić information content (AvgIpc) is 2.36. The van der Waals surface area contributed by atoms with Crippen LogP contribution in [0.25, 0.3) is 0 Å². The van der Waals surface area contributed by atoms with Crippen LogP contribution in [0, 0.1) is 17.5 Å². The van der Waals surface area contributed by atoms with Gasteiger partial charge in [-0.1, -0.05) is 11.6 Å². The molecule has 92 valence electrons. The van der Waals surface area contributed by atoms with Crippen LogP contribution < -0.4 is 0 Å². The van der Waals surface area contributed by atoms with E-state index in [9.17, 15) is 18.0 Å². The van der Waals surface area contributed by atoms with Crippen molar-refractivity contribution in [2.24, 2.45) is 0 Å². The first kappa shape index (κ1) is 12.6. The highest BCUT2D eigenvalue weighted by Crippen LogP contribution is 2.21. The van der Waals surface area contributed by atoms with Gasteiger partial charge in [-0.15, -0.1) is 0 Å². The number of halogens is 4. The number of carbonyl (C=O) groups excluding carboxylic acids is 1. The summed E-state index contributed by atoms with van der Waals surface area (Å²) < 4.78 is 39.2. The van der Waals surface area contributed by atoms with Crippen molar-refractivity contribution >= 4 is 17.4 Å². The first-order chi connectivity index (χ1) is 8.52. The van der Waals surface area contributed by atoms with Crippen LogP contribution >= 0.6 is 11.6 Å². The number of carbonyl (C=O) groups is 1. The van der Waals surface area contributed by atoms with E-state index in [0.29, 0.717) is 6.07 Å². The molecular weight excluding hydrogens is 267 g/mol. The van der Waals surface area contributed by atoms with Crippen LogP contribution in [0.1, 0.15) is 16.1 Å². The summed E-state index contributed by atoms with van der Waals surface area (Å²) >= 11 is 5.72. The third-order valence-corrected chi connectivity index (χ3v) is 2.56. The highest BCUT2D eigenvalue weighted by atomic mass is 35.5. The van der Waals surface area contributed by atoms with Gasteiger partial charge in [-0.25, -0.2) is 13.2 Å². The van der Waals surface area contributed by atoms with Gasteiger partial charge >= 0.3 is 0 Å². The van der Waals surface area contributed by atoms with E-state index in [2.05, 4.69) is 4.98 Å². The van der Waals surface area contributed by atoms with Crippen LogP contribution in [-0.4, -0.2) is 10.8 Å². The summed E-state index contributed by atoms with van der Waals surface area (Å²) in [4.78, 5) is 15.6. The molecule has 2 rings (SSSR count). The molecule has 0 aliphatic carbocycles. The topological polar surface area (TPSA) is 30.0 Å². The molecule has 0 unspecified atom stereocenters. The Morgan fingerprint density at radius 2 is 1.83 bits per heavy atom. The average molecular weight is 272 g/mol. The van der Waals surface area contributed by atoms with Crippen molar-refractivity contribution in [3.8, 4) is 0 Å². The molecule has 0 amide bonds. The molecule has 2 nitrogen and oxygen atoms in total. The largest absolute Gasteiger partial charge is 0.287 e. The maximum Gasteiger partial charge on any atom is 0.215 e. The Bertz CT molecular complexity index is 631. The van der Waals surface area contributed by atoms with Crippen molar-refractivity contribution in [1.82, 2.24) is 4.98 Å². The zero-order valence-corrected chi connectivity index (χ0v) is 9.51. The zero-order chi connectivity index (χ0) is 13.3. The monoisotopic (exact) mass is 271 g/mol. The summed E-state index contributed by atoms with van der Waals surface area (Å²) in [5.41, 5.74) is -0.835. The van der Waals surface area contributed by atoms with Gasteiger partial charge in [0.15, 0.2) is 17.5 Å². The second-order valence-electron chi connectivity index (χ2n) is 3.39. The maximum atomic E-state index is 13.4. The van der Waals surface area contributed by atoms with Gasteiger partial charge in [-0.3, -0.25) is 9.78 Å². The lowest BCUT2D eigenvalue weighted by Crippen LogP contribution is -2.09. The number of rotatable bonds is 2. The van der Waals surface area contributed by atoms with Crippen molar-refractivity contribution in [3.63, 3.8) is 0 Å². The number of hydrogen-bond donors (Lipinski definition) is 0. The smallest absolute Gasteiger partial charge is 0.215 e. The van der Waals surface area contributed by atoms with Crippen molar-refractivity contribution < 1.29 is 18.0 Å². The molecule has 0 bridgehead atoms. The van der Waals surface area contributed by atoms with Gasteiger partial charge in [-0.2, -0.15) is 0 Å². The predicted octanol–water partition coefficient (Wildman–Crippen LogP) is 3.38. The first-order valence-electron chi connectivity index (χ1n) is 4.81.